The van der Waals surface area contributed by atoms with Crippen LogP contribution in [-0.4, -0.2) is 109 Å². The van der Waals surface area contributed by atoms with Gasteiger partial charge in [0.2, 0.25) is 11.8 Å². The molecule has 3 amide bonds. The Hall–Kier alpha value is -5.75. The molecule has 59 heavy (non-hydrogen) atoms. The van der Waals surface area contributed by atoms with Gasteiger partial charge < -0.3 is 15.0 Å². The van der Waals surface area contributed by atoms with Crippen molar-refractivity contribution in [3.8, 4) is 0 Å². The van der Waals surface area contributed by atoms with Crippen LogP contribution in [0.5, 0.6) is 0 Å². The third-order valence-electron chi connectivity index (χ3n) is 12.5. The van der Waals surface area contributed by atoms with E-state index in [0.717, 1.165) is 42.1 Å². The van der Waals surface area contributed by atoms with Gasteiger partial charge in [-0.3, -0.25) is 34.2 Å². The number of pyridine rings is 1. The number of nitrogens with one attached hydrogen (secondary N) is 2. The van der Waals surface area contributed by atoms with Crippen LogP contribution in [0, 0.1) is 17.8 Å². The fourth-order valence-corrected chi connectivity index (χ4v) is 9.16. The minimum absolute atomic E-state index is 0.00682. The van der Waals surface area contributed by atoms with Crippen LogP contribution in [0.3, 0.4) is 0 Å². The number of allylic oxidation sites excluding steroid dienone is 4. The van der Waals surface area contributed by atoms with Crippen molar-refractivity contribution in [1.82, 2.24) is 24.8 Å². The van der Waals surface area contributed by atoms with E-state index in [1.807, 2.05) is 28.0 Å². The summed E-state index contributed by atoms with van der Waals surface area (Å²) in [6.45, 7) is 8.51. The Bertz CT molecular complexity index is 2300. The number of rotatable bonds is 14. The second-order valence-corrected chi connectivity index (χ2v) is 16.4. The summed E-state index contributed by atoms with van der Waals surface area (Å²) in [7, 11) is 2.08. The summed E-state index contributed by atoms with van der Waals surface area (Å²) < 4.78 is 10.5. The fraction of sp³-hybridized carbons (Fsp3) is 0.435. The monoisotopic (exact) mass is 798 g/mol. The number of aromatic nitrogens is 1. The number of piperidine rings is 1. The van der Waals surface area contributed by atoms with E-state index in [2.05, 4.69) is 53.2 Å². The van der Waals surface area contributed by atoms with Gasteiger partial charge in [0.25, 0.3) is 12.2 Å². The van der Waals surface area contributed by atoms with E-state index in [4.69, 9.17) is 9.72 Å². The molecule has 0 bridgehead atoms. The first-order valence-corrected chi connectivity index (χ1v) is 20.9. The maximum absolute atomic E-state index is 14.2. The van der Waals surface area contributed by atoms with E-state index in [1.165, 1.54) is 30.1 Å². The van der Waals surface area contributed by atoms with Gasteiger partial charge >= 0.3 is 5.84 Å². The van der Waals surface area contributed by atoms with Crippen molar-refractivity contribution >= 4 is 53.0 Å². The number of anilines is 2. The van der Waals surface area contributed by atoms with Crippen LogP contribution in [0.1, 0.15) is 85.2 Å². The van der Waals surface area contributed by atoms with Gasteiger partial charge in [0, 0.05) is 54.9 Å². The highest BCUT2D eigenvalue weighted by molar-refractivity contribution is 6.17. The molecule has 13 heteroatoms. The van der Waals surface area contributed by atoms with Crippen LogP contribution >= 0.6 is 0 Å². The number of benzene rings is 1. The molecular weight excluding hydrogens is 747 g/mol. The molecule has 3 fully saturated rings. The zero-order valence-electron chi connectivity index (χ0n) is 34.1. The van der Waals surface area contributed by atoms with Gasteiger partial charge in [-0.05, 0) is 110 Å². The average Bonchev–Trinajstić information content (AvgIpc) is 3.68. The van der Waals surface area contributed by atoms with Crippen molar-refractivity contribution in [1.29, 1.82) is 0 Å². The molecule has 2 unspecified atom stereocenters. The molecule has 3 aliphatic heterocycles. The smallest absolute Gasteiger partial charge is 0.344 e. The van der Waals surface area contributed by atoms with Crippen LogP contribution in [0.25, 0.3) is 0 Å². The molecule has 4 heterocycles. The second kappa shape index (κ2) is 17.2. The lowest BCUT2D eigenvalue weighted by Gasteiger charge is -2.22. The molecule has 1 aromatic heterocycles. The summed E-state index contributed by atoms with van der Waals surface area (Å²) in [4.78, 5) is 75.7. The Kier molecular flexibility index (Phi) is 11.7. The highest BCUT2D eigenvalue weighted by Crippen LogP contribution is 2.42. The third-order valence-corrected chi connectivity index (χ3v) is 12.5. The van der Waals surface area contributed by atoms with Crippen molar-refractivity contribution in [2.75, 3.05) is 63.2 Å². The molecule has 2 aromatic rings. The van der Waals surface area contributed by atoms with E-state index < -0.39 is 11.8 Å². The number of carbonyl (C=O) groups is 5. The minimum Gasteiger partial charge on any atom is -0.383 e. The molecule has 2 saturated heterocycles. The average molecular weight is 799 g/mol. The van der Waals surface area contributed by atoms with E-state index in [1.54, 1.807) is 24.5 Å². The zero-order chi connectivity index (χ0) is 41.2. The van der Waals surface area contributed by atoms with Gasteiger partial charge in [-0.1, -0.05) is 31.9 Å². The Morgan fingerprint density at radius 2 is 1.90 bits per heavy atom. The SMILES string of the molecule is CCN1C=[N+]=C1c1cccc(N2CC3=C(CN(C)CCOCCNc4ccc5c(c4)C(=O)CC(C4CCC(=O)NC4=O)=CC5=O)CC=C(C4CCC[C@H]4C)C=C3C2=O)n1. The normalized spacial score (nSPS) is 23.0. The Labute approximate surface area is 344 Å². The van der Waals surface area contributed by atoms with Crippen molar-refractivity contribution in [2.24, 2.45) is 17.8 Å². The number of Topliss-reactive ketones (excluding diaryl/α,β-unsaturated/α-hetero) is 1. The first kappa shape index (κ1) is 40.0. The lowest BCUT2D eigenvalue weighted by molar-refractivity contribution is -0.135. The second-order valence-electron chi connectivity index (χ2n) is 16.4. The van der Waals surface area contributed by atoms with Gasteiger partial charge in [0.05, 0.1) is 32.2 Å². The van der Waals surface area contributed by atoms with Crippen molar-refractivity contribution in [2.45, 2.75) is 58.8 Å². The van der Waals surface area contributed by atoms with Gasteiger partial charge in [0.15, 0.2) is 17.3 Å². The quantitative estimate of drug-likeness (QED) is 0.160. The number of carbonyl (C=O) groups excluding carboxylic acids is 5. The van der Waals surface area contributed by atoms with Crippen molar-refractivity contribution in [3.05, 3.63) is 99.3 Å². The Morgan fingerprint density at radius 3 is 2.66 bits per heavy atom. The minimum atomic E-state index is -0.666. The maximum atomic E-state index is 14.2. The zero-order valence-corrected chi connectivity index (χ0v) is 34.1. The number of fused-ring (bicyclic) bond motifs is 2. The number of ketones is 2. The van der Waals surface area contributed by atoms with E-state index in [0.29, 0.717) is 79.4 Å². The number of hydrogen-bond donors (Lipinski definition) is 2. The molecule has 1 aromatic carbocycles. The van der Waals surface area contributed by atoms with E-state index >= 15 is 0 Å². The fourth-order valence-electron chi connectivity index (χ4n) is 9.16. The summed E-state index contributed by atoms with van der Waals surface area (Å²) in [5, 5.41) is 5.62. The van der Waals surface area contributed by atoms with Gasteiger partial charge in [-0.25, -0.2) is 14.6 Å². The number of amidine groups is 1. The molecule has 0 spiro atoms. The van der Waals surface area contributed by atoms with Gasteiger partial charge in [0.1, 0.15) is 5.82 Å². The van der Waals surface area contributed by atoms with Crippen molar-refractivity contribution in [3.63, 3.8) is 0 Å². The standard InChI is InChI=1S/C46H51N7O6/c1-4-52-27-48-44(52)39-9-6-10-42(49-39)53-26-38-30(12-11-29(21-37(38)46(53)58)33-8-5-7-28(33)2)25-51(3)18-20-59-19-17-47-32-13-14-35-36(24-32)41(55)23-31(22-40(35)54)34-15-16-43(56)50-45(34)57/h6,9-11,13-14,21-22,24,27-28,33-34H,4-5,7-8,12,15-20,23,25-26H2,1-3H3,(H-,47,50,54,56,57)/p+1/t28-,33?,34?/m1/s1. The number of nitrogens with zero attached hydrogens (tertiary/aromatic N) is 5. The molecule has 3 aliphatic carbocycles. The number of amides is 3. The number of imide groups is 1. The van der Waals surface area contributed by atoms with E-state index in [-0.39, 0.29) is 42.6 Å². The molecule has 306 valence electrons. The molecule has 1 saturated carbocycles. The van der Waals surface area contributed by atoms with Gasteiger partial charge in [-0.15, -0.1) is 0 Å². The van der Waals surface area contributed by atoms with Crippen LogP contribution in [0.4, 0.5) is 11.5 Å². The molecule has 6 aliphatic rings. The topological polar surface area (TPSA) is 155 Å². The summed E-state index contributed by atoms with van der Waals surface area (Å²) >= 11 is 0. The first-order valence-electron chi connectivity index (χ1n) is 20.9. The van der Waals surface area contributed by atoms with Crippen LogP contribution in [-0.2, 0) is 19.1 Å². The highest BCUT2D eigenvalue weighted by atomic mass is 16.5. The predicted molar refractivity (Wildman–Crippen MR) is 226 cm³/mol. The molecule has 0 radical (unpaired) electrons. The summed E-state index contributed by atoms with van der Waals surface area (Å²) in [6.07, 6.45) is 12.5. The summed E-state index contributed by atoms with van der Waals surface area (Å²) in [5.41, 5.74) is 6.90. The molecule has 13 nitrogen and oxygen atoms in total. The predicted octanol–water partition coefficient (Wildman–Crippen LogP) is 4.40. The summed E-state index contributed by atoms with van der Waals surface area (Å²) in [6, 6.07) is 10.9. The lowest BCUT2D eigenvalue weighted by atomic mass is 9.87. The van der Waals surface area contributed by atoms with Crippen LogP contribution in [0.15, 0.2) is 82.5 Å². The number of ether oxygens (including phenoxy) is 1. The maximum Gasteiger partial charge on any atom is 0.344 e. The molecule has 2 N–H and O–H groups in total. The van der Waals surface area contributed by atoms with Crippen LogP contribution in [0.2, 0.25) is 0 Å². The summed E-state index contributed by atoms with van der Waals surface area (Å²) in [5.74, 6) is 0.469. The number of hydrogen-bond acceptors (Lipinski definition) is 10. The van der Waals surface area contributed by atoms with Crippen LogP contribution < -0.4 is 20.2 Å². The largest absolute Gasteiger partial charge is 0.383 e. The Balaban J connectivity index is 0.870. The Morgan fingerprint density at radius 1 is 1.03 bits per heavy atom. The third kappa shape index (κ3) is 8.41. The lowest BCUT2D eigenvalue weighted by Crippen LogP contribution is -2.41. The van der Waals surface area contributed by atoms with E-state index in [9.17, 15) is 24.0 Å². The molecular formula is C46H52N7O6+. The van der Waals surface area contributed by atoms with Gasteiger partial charge in [-0.2, -0.15) is 0 Å². The first-order chi connectivity index (χ1) is 28.6. The molecule has 3 atom stereocenters. The number of likely N-dealkylation sites (N-methyl/N-ethyl adjacent to an activating group) is 1. The molecule has 8 rings (SSSR count). The highest BCUT2D eigenvalue weighted by Gasteiger charge is 2.38. The van der Waals surface area contributed by atoms with Crippen molar-refractivity contribution < 1.29 is 28.7 Å².